The zero-order chi connectivity index (χ0) is 12.8. The first-order chi connectivity index (χ1) is 7.94. The second-order valence-electron chi connectivity index (χ2n) is 5.21. The minimum Gasteiger partial charge on any atom is -0.459 e. The first kappa shape index (κ1) is 12.6. The second-order valence-corrected chi connectivity index (χ2v) is 5.21. The van der Waals surface area contributed by atoms with Gasteiger partial charge in [0.1, 0.15) is 6.10 Å². The van der Waals surface area contributed by atoms with Crippen molar-refractivity contribution in [3.8, 4) is 0 Å². The minimum absolute atomic E-state index is 0.0156. The molecule has 2 rings (SSSR count). The van der Waals surface area contributed by atoms with Crippen LogP contribution in [-0.4, -0.2) is 28.8 Å². The number of carbonyl (C=O) groups is 1. The van der Waals surface area contributed by atoms with Gasteiger partial charge >= 0.3 is 5.97 Å². The van der Waals surface area contributed by atoms with Crippen LogP contribution < -0.4 is 5.73 Å². The monoisotopic (exact) mass is 239 g/mol. The zero-order valence-corrected chi connectivity index (χ0v) is 10.6. The molecule has 96 valence electrons. The third-order valence-corrected chi connectivity index (χ3v) is 4.34. The molecule has 4 heteroatoms. The maximum atomic E-state index is 11.7. The summed E-state index contributed by atoms with van der Waals surface area (Å²) in [6, 6.07) is 0. The van der Waals surface area contributed by atoms with Crippen molar-refractivity contribution in [3.05, 3.63) is 11.6 Å². The maximum Gasteiger partial charge on any atom is 0.334 e. The first-order valence-electron chi connectivity index (χ1n) is 6.35. The Bertz CT molecular complexity index is 366. The number of carbonyl (C=O) groups excluding carboxylic acids is 1. The van der Waals surface area contributed by atoms with Crippen molar-refractivity contribution in [2.45, 2.75) is 51.4 Å². The summed E-state index contributed by atoms with van der Waals surface area (Å²) < 4.78 is 5.19. The summed E-state index contributed by atoms with van der Waals surface area (Å²) in [5.74, 6) is -0.548. The number of aliphatic hydroxyl groups excluding tert-OH is 1. The van der Waals surface area contributed by atoms with E-state index in [0.717, 1.165) is 6.42 Å². The smallest absolute Gasteiger partial charge is 0.334 e. The van der Waals surface area contributed by atoms with Gasteiger partial charge in [0, 0.05) is 17.0 Å². The van der Waals surface area contributed by atoms with Gasteiger partial charge in [-0.1, -0.05) is 19.9 Å². The summed E-state index contributed by atoms with van der Waals surface area (Å²) in [6.45, 7) is 5.83. The third-order valence-electron chi connectivity index (χ3n) is 4.34. The van der Waals surface area contributed by atoms with E-state index in [9.17, 15) is 9.90 Å². The molecule has 17 heavy (non-hydrogen) atoms. The normalized spacial score (nSPS) is 45.2. The highest BCUT2D eigenvalue weighted by Gasteiger charge is 2.52. The van der Waals surface area contributed by atoms with E-state index in [1.165, 1.54) is 0 Å². The molecule has 0 bridgehead atoms. The fraction of sp³-hybridized carbons (Fsp3) is 0.769. The number of nitrogens with two attached hydrogens (primary N) is 1. The average molecular weight is 239 g/mol. The van der Waals surface area contributed by atoms with E-state index in [1.54, 1.807) is 0 Å². The molecule has 2 aliphatic rings. The van der Waals surface area contributed by atoms with Gasteiger partial charge < -0.3 is 15.6 Å². The van der Waals surface area contributed by atoms with Crippen molar-refractivity contribution >= 4 is 5.97 Å². The molecule has 0 aromatic heterocycles. The lowest BCUT2D eigenvalue weighted by molar-refractivity contribution is -0.138. The van der Waals surface area contributed by atoms with Gasteiger partial charge in [-0.25, -0.2) is 4.79 Å². The van der Waals surface area contributed by atoms with Crippen molar-refractivity contribution in [3.63, 3.8) is 0 Å². The van der Waals surface area contributed by atoms with Gasteiger partial charge in [-0.05, 0) is 19.8 Å². The predicted octanol–water partition coefficient (Wildman–Crippen LogP) is 0.983. The van der Waals surface area contributed by atoms with Crippen LogP contribution in [0.1, 0.15) is 33.6 Å². The summed E-state index contributed by atoms with van der Waals surface area (Å²) in [4.78, 5) is 11.7. The van der Waals surface area contributed by atoms with E-state index >= 15 is 0 Å². The van der Waals surface area contributed by atoms with Gasteiger partial charge in [0.25, 0.3) is 0 Å². The molecule has 0 spiro atoms. The van der Waals surface area contributed by atoms with Crippen molar-refractivity contribution in [2.24, 2.45) is 17.6 Å². The lowest BCUT2D eigenvalue weighted by Crippen LogP contribution is -2.55. The van der Waals surface area contributed by atoms with Crippen LogP contribution in [0, 0.1) is 11.8 Å². The van der Waals surface area contributed by atoms with Crippen LogP contribution >= 0.6 is 0 Å². The maximum absolute atomic E-state index is 11.7. The second kappa shape index (κ2) is 4.10. The number of hydrogen-bond donors (Lipinski definition) is 2. The van der Waals surface area contributed by atoms with Gasteiger partial charge in [0.15, 0.2) is 0 Å². The summed E-state index contributed by atoms with van der Waals surface area (Å²) in [5, 5.41) is 10.4. The molecule has 0 amide bonds. The van der Waals surface area contributed by atoms with E-state index in [1.807, 2.05) is 26.8 Å². The summed E-state index contributed by atoms with van der Waals surface area (Å²) in [6.07, 6.45) is 2.50. The molecule has 5 atom stereocenters. The van der Waals surface area contributed by atoms with E-state index in [0.29, 0.717) is 12.0 Å². The molecule has 1 fully saturated rings. The third kappa shape index (κ3) is 1.70. The van der Waals surface area contributed by atoms with Crippen LogP contribution in [0.4, 0.5) is 0 Å². The molecule has 0 aromatic rings. The van der Waals surface area contributed by atoms with Gasteiger partial charge in [-0.2, -0.15) is 0 Å². The summed E-state index contributed by atoms with van der Waals surface area (Å²) >= 11 is 0. The quantitative estimate of drug-likeness (QED) is 0.705. The van der Waals surface area contributed by atoms with Crippen molar-refractivity contribution < 1.29 is 14.6 Å². The molecule has 4 nitrogen and oxygen atoms in total. The van der Waals surface area contributed by atoms with Gasteiger partial charge in [-0.3, -0.25) is 0 Å². The molecule has 0 saturated carbocycles. The van der Waals surface area contributed by atoms with Crippen LogP contribution in [0.25, 0.3) is 0 Å². The zero-order valence-electron chi connectivity index (χ0n) is 10.6. The van der Waals surface area contributed by atoms with Crippen LogP contribution in [-0.2, 0) is 9.53 Å². The standard InChI is InChI=1S/C13H21NO3/c1-4-9-11(15)10-7(3)17-12(16)8(10)6-13(9,14)5-2/h6-7,9-11,15H,4-5,14H2,1-3H3/t7?,9-,10?,11-,13-/m0/s1. The highest BCUT2D eigenvalue weighted by molar-refractivity contribution is 5.92. The number of ether oxygens (including phenoxy) is 1. The molecular weight excluding hydrogens is 218 g/mol. The lowest BCUT2D eigenvalue weighted by Gasteiger charge is -2.43. The van der Waals surface area contributed by atoms with Crippen molar-refractivity contribution in [1.82, 2.24) is 0 Å². The van der Waals surface area contributed by atoms with Gasteiger partial charge in [-0.15, -0.1) is 0 Å². The molecule has 1 heterocycles. The van der Waals surface area contributed by atoms with Crippen molar-refractivity contribution in [2.75, 3.05) is 0 Å². The van der Waals surface area contributed by atoms with E-state index in [2.05, 4.69) is 0 Å². The number of hydrogen-bond acceptors (Lipinski definition) is 4. The molecule has 1 aliphatic heterocycles. The van der Waals surface area contributed by atoms with Crippen LogP contribution in [0.5, 0.6) is 0 Å². The SMILES string of the molecule is CC[C@H]1[C@H](O)C2C(=C[C@@]1(N)CC)C(=O)OC2C. The predicted molar refractivity (Wildman–Crippen MR) is 64.1 cm³/mol. The van der Waals surface area contributed by atoms with Crippen LogP contribution in [0.2, 0.25) is 0 Å². The molecule has 3 N–H and O–H groups in total. The number of cyclic esters (lactones) is 1. The molecule has 1 aliphatic carbocycles. The molecule has 1 saturated heterocycles. The van der Waals surface area contributed by atoms with E-state index in [4.69, 9.17) is 10.5 Å². The Labute approximate surface area is 102 Å². The fourth-order valence-corrected chi connectivity index (χ4v) is 3.27. The Morgan fingerprint density at radius 3 is 2.71 bits per heavy atom. The topological polar surface area (TPSA) is 72.5 Å². The number of fused-ring (bicyclic) bond motifs is 1. The van der Waals surface area contributed by atoms with Gasteiger partial charge in [0.05, 0.1) is 12.0 Å². The van der Waals surface area contributed by atoms with Gasteiger partial charge in [0.2, 0.25) is 0 Å². The molecule has 0 aromatic carbocycles. The largest absolute Gasteiger partial charge is 0.459 e. The summed E-state index contributed by atoms with van der Waals surface area (Å²) in [7, 11) is 0. The van der Waals surface area contributed by atoms with Crippen LogP contribution in [0.15, 0.2) is 11.6 Å². The fourth-order valence-electron chi connectivity index (χ4n) is 3.27. The van der Waals surface area contributed by atoms with E-state index < -0.39 is 11.6 Å². The Hall–Kier alpha value is -0.870. The average Bonchev–Trinajstić information content (AvgIpc) is 2.54. The number of aliphatic hydroxyl groups is 1. The highest BCUT2D eigenvalue weighted by Crippen LogP contribution is 2.43. The highest BCUT2D eigenvalue weighted by atomic mass is 16.6. The Kier molecular flexibility index (Phi) is 3.04. The number of rotatable bonds is 2. The molecule has 2 unspecified atom stereocenters. The minimum atomic E-state index is -0.594. The van der Waals surface area contributed by atoms with Crippen molar-refractivity contribution in [1.29, 1.82) is 0 Å². The summed E-state index contributed by atoms with van der Waals surface area (Å²) in [5.41, 5.74) is 6.30. The molecule has 0 radical (unpaired) electrons. The van der Waals surface area contributed by atoms with E-state index in [-0.39, 0.29) is 23.9 Å². The Morgan fingerprint density at radius 2 is 2.18 bits per heavy atom. The molecular formula is C13H21NO3. The number of esters is 1. The van der Waals surface area contributed by atoms with Crippen LogP contribution in [0.3, 0.4) is 0 Å². The lowest BCUT2D eigenvalue weighted by atomic mass is 9.66. The Balaban J connectivity index is 2.47. The first-order valence-corrected chi connectivity index (χ1v) is 6.35. The Morgan fingerprint density at radius 1 is 1.53 bits per heavy atom.